The Balaban J connectivity index is 1.55. The van der Waals surface area contributed by atoms with E-state index in [4.69, 9.17) is 0 Å². The lowest BCUT2D eigenvalue weighted by Crippen LogP contribution is -2.40. The number of hydrogen-bond donors (Lipinski definition) is 2. The van der Waals surface area contributed by atoms with Gasteiger partial charge in [-0.1, -0.05) is 6.07 Å². The van der Waals surface area contributed by atoms with Crippen molar-refractivity contribution >= 4 is 17.7 Å². The molecule has 6 nitrogen and oxygen atoms in total. The van der Waals surface area contributed by atoms with Gasteiger partial charge in [0.2, 0.25) is 5.95 Å². The van der Waals surface area contributed by atoms with E-state index < -0.39 is 0 Å². The third-order valence-corrected chi connectivity index (χ3v) is 5.62. The van der Waals surface area contributed by atoms with E-state index in [2.05, 4.69) is 20.6 Å². The van der Waals surface area contributed by atoms with Crippen molar-refractivity contribution in [1.82, 2.24) is 15.3 Å². The molecule has 1 aliphatic rings. The van der Waals surface area contributed by atoms with Gasteiger partial charge in [0.25, 0.3) is 5.91 Å². The third kappa shape index (κ3) is 5.02. The van der Waals surface area contributed by atoms with Crippen LogP contribution in [0.2, 0.25) is 0 Å². The van der Waals surface area contributed by atoms with Crippen molar-refractivity contribution in [3.05, 3.63) is 46.4 Å². The average molecular weight is 400 g/mol. The molecule has 0 unspecified atom stereocenters. The molecule has 2 aromatic rings. The van der Waals surface area contributed by atoms with Crippen LogP contribution < -0.4 is 15.5 Å². The van der Waals surface area contributed by atoms with Gasteiger partial charge < -0.3 is 15.5 Å². The zero-order chi connectivity index (χ0) is 21.1. The van der Waals surface area contributed by atoms with Crippen LogP contribution in [0.25, 0.3) is 0 Å². The first-order valence-corrected chi connectivity index (χ1v) is 10.1. The number of nitrogens with zero attached hydrogens (tertiary/aromatic N) is 3. The fraction of sp³-hybridized carbons (Fsp3) is 0.500. The van der Waals surface area contributed by atoms with Crippen LogP contribution in [-0.2, 0) is 0 Å². The Kier molecular flexibility index (Phi) is 6.35. The first kappa shape index (κ1) is 21.0. The van der Waals surface area contributed by atoms with Gasteiger partial charge in [0.05, 0.1) is 0 Å². The van der Waals surface area contributed by atoms with Gasteiger partial charge >= 0.3 is 0 Å². The second-order valence-corrected chi connectivity index (χ2v) is 8.11. The van der Waals surface area contributed by atoms with Crippen LogP contribution in [0.3, 0.4) is 0 Å². The number of aryl methyl sites for hydroxylation is 2. The van der Waals surface area contributed by atoms with Crippen LogP contribution >= 0.6 is 0 Å². The Morgan fingerprint density at radius 2 is 1.72 bits per heavy atom. The summed E-state index contributed by atoms with van der Waals surface area (Å²) >= 11 is 0. The summed E-state index contributed by atoms with van der Waals surface area (Å²) in [7, 11) is 3.96. The van der Waals surface area contributed by atoms with Crippen LogP contribution in [0, 0.1) is 26.6 Å². The minimum Gasteiger partial charge on any atom is -0.362 e. The van der Waals surface area contributed by atoms with Crippen LogP contribution in [0.15, 0.2) is 18.2 Å². The van der Waals surface area contributed by atoms with Crippen molar-refractivity contribution < 1.29 is 9.18 Å². The molecule has 1 fully saturated rings. The van der Waals surface area contributed by atoms with Crippen LogP contribution in [0.4, 0.5) is 16.2 Å². The zero-order valence-electron chi connectivity index (χ0n) is 17.8. The molecule has 0 bridgehead atoms. The minimum absolute atomic E-state index is 0.0999. The topological polar surface area (TPSA) is 70.2 Å². The minimum atomic E-state index is -0.351. The fourth-order valence-corrected chi connectivity index (χ4v) is 3.68. The standard InChI is InChI=1S/C22H30FN5O/c1-13-6-7-16(12-19(13)23)21(29)25-17-8-10-18(11-9-17)26-22-24-15(3)14(2)20(27-22)28(4)5/h6-7,12,17-18H,8-11H2,1-5H3,(H,25,29)(H,24,26,27)/t17-,18+. The smallest absolute Gasteiger partial charge is 0.251 e. The molecule has 7 heteroatoms. The molecule has 0 radical (unpaired) electrons. The van der Waals surface area contributed by atoms with Gasteiger partial charge in [0, 0.05) is 43.0 Å². The van der Waals surface area contributed by atoms with Gasteiger partial charge in [-0.2, -0.15) is 4.98 Å². The molecule has 1 aromatic heterocycles. The molecular formula is C22H30FN5O. The van der Waals surface area contributed by atoms with Crippen molar-refractivity contribution in [2.75, 3.05) is 24.3 Å². The third-order valence-electron chi connectivity index (χ3n) is 5.62. The quantitative estimate of drug-likeness (QED) is 0.801. The van der Waals surface area contributed by atoms with Crippen molar-refractivity contribution in [2.24, 2.45) is 0 Å². The number of aromatic nitrogens is 2. The Hall–Kier alpha value is -2.70. The normalized spacial score (nSPS) is 19.0. The van der Waals surface area contributed by atoms with E-state index in [0.717, 1.165) is 42.8 Å². The van der Waals surface area contributed by atoms with Crippen molar-refractivity contribution in [3.8, 4) is 0 Å². The summed E-state index contributed by atoms with van der Waals surface area (Å²) in [6, 6.07) is 4.98. The highest BCUT2D eigenvalue weighted by atomic mass is 19.1. The molecule has 0 spiro atoms. The molecule has 2 N–H and O–H groups in total. The maximum Gasteiger partial charge on any atom is 0.251 e. The maximum absolute atomic E-state index is 13.7. The summed E-state index contributed by atoms with van der Waals surface area (Å²) in [5.41, 5.74) is 2.96. The molecule has 156 valence electrons. The monoisotopic (exact) mass is 399 g/mol. The number of halogens is 1. The summed E-state index contributed by atoms with van der Waals surface area (Å²) < 4.78 is 13.7. The zero-order valence-corrected chi connectivity index (χ0v) is 17.8. The van der Waals surface area contributed by atoms with E-state index in [1.165, 1.54) is 6.07 Å². The second-order valence-electron chi connectivity index (χ2n) is 8.11. The van der Waals surface area contributed by atoms with Gasteiger partial charge in [-0.05, 0) is 64.2 Å². The van der Waals surface area contributed by atoms with Crippen LogP contribution in [-0.4, -0.2) is 42.1 Å². The molecule has 1 aromatic carbocycles. The second kappa shape index (κ2) is 8.76. The Morgan fingerprint density at radius 1 is 1.07 bits per heavy atom. The van der Waals surface area contributed by atoms with E-state index in [1.54, 1.807) is 19.1 Å². The number of nitrogens with one attached hydrogen (secondary N) is 2. The number of carbonyl (C=O) groups excluding carboxylic acids is 1. The molecular weight excluding hydrogens is 369 g/mol. The van der Waals surface area contributed by atoms with Gasteiger partial charge in [-0.25, -0.2) is 9.37 Å². The first-order valence-electron chi connectivity index (χ1n) is 10.1. The number of carbonyl (C=O) groups is 1. The molecule has 3 rings (SSSR count). The van der Waals surface area contributed by atoms with Crippen LogP contribution in [0.5, 0.6) is 0 Å². The van der Waals surface area contributed by atoms with E-state index >= 15 is 0 Å². The van der Waals surface area contributed by atoms with E-state index in [1.807, 2.05) is 32.8 Å². The first-order chi connectivity index (χ1) is 13.7. The van der Waals surface area contributed by atoms with Gasteiger partial charge in [0.1, 0.15) is 11.6 Å². The number of anilines is 2. The van der Waals surface area contributed by atoms with Gasteiger partial charge in [-0.3, -0.25) is 4.79 Å². The average Bonchev–Trinajstić information content (AvgIpc) is 2.68. The van der Waals surface area contributed by atoms with Gasteiger partial charge in [-0.15, -0.1) is 0 Å². The molecule has 1 saturated carbocycles. The summed E-state index contributed by atoms with van der Waals surface area (Å²) in [6.45, 7) is 5.71. The molecule has 1 amide bonds. The lowest BCUT2D eigenvalue weighted by Gasteiger charge is -2.30. The number of rotatable bonds is 5. The molecule has 0 atom stereocenters. The number of benzene rings is 1. The summed E-state index contributed by atoms with van der Waals surface area (Å²) in [5, 5.41) is 6.49. The lowest BCUT2D eigenvalue weighted by molar-refractivity contribution is 0.0926. The Labute approximate surface area is 171 Å². The highest BCUT2D eigenvalue weighted by Gasteiger charge is 2.24. The number of hydrogen-bond acceptors (Lipinski definition) is 5. The molecule has 1 heterocycles. The van der Waals surface area contributed by atoms with E-state index in [0.29, 0.717) is 17.1 Å². The Bertz CT molecular complexity index is 891. The lowest BCUT2D eigenvalue weighted by atomic mass is 9.91. The van der Waals surface area contributed by atoms with E-state index in [-0.39, 0.29) is 23.8 Å². The predicted octanol–water partition coefficient (Wildman–Crippen LogP) is 3.76. The van der Waals surface area contributed by atoms with Gasteiger partial charge in [0.15, 0.2) is 0 Å². The van der Waals surface area contributed by atoms with Crippen molar-refractivity contribution in [3.63, 3.8) is 0 Å². The fourth-order valence-electron chi connectivity index (χ4n) is 3.68. The molecule has 0 saturated heterocycles. The van der Waals surface area contributed by atoms with Crippen molar-refractivity contribution in [2.45, 2.75) is 58.5 Å². The molecule has 0 aliphatic heterocycles. The SMILES string of the molecule is Cc1ccc(C(=O)N[C@H]2CC[C@@H](Nc3nc(C)c(C)c(N(C)C)n3)CC2)cc1F. The number of amides is 1. The Morgan fingerprint density at radius 3 is 2.34 bits per heavy atom. The summed E-state index contributed by atoms with van der Waals surface area (Å²) in [6.07, 6.45) is 3.56. The summed E-state index contributed by atoms with van der Waals surface area (Å²) in [5.74, 6) is 1.01. The highest BCUT2D eigenvalue weighted by Crippen LogP contribution is 2.24. The summed E-state index contributed by atoms with van der Waals surface area (Å²) in [4.78, 5) is 23.6. The highest BCUT2D eigenvalue weighted by molar-refractivity contribution is 5.94. The van der Waals surface area contributed by atoms with E-state index in [9.17, 15) is 9.18 Å². The maximum atomic E-state index is 13.7. The molecule has 29 heavy (non-hydrogen) atoms. The van der Waals surface area contributed by atoms with Crippen molar-refractivity contribution in [1.29, 1.82) is 0 Å². The largest absolute Gasteiger partial charge is 0.362 e. The predicted molar refractivity (Wildman–Crippen MR) is 114 cm³/mol. The molecule has 1 aliphatic carbocycles. The van der Waals surface area contributed by atoms with Crippen LogP contribution in [0.1, 0.15) is 52.9 Å².